The molecule has 0 saturated carbocycles. The SMILES string of the molecule is C=CCSC([SiH3])C=C. The van der Waals surface area contributed by atoms with E-state index < -0.39 is 0 Å². The Balaban J connectivity index is 3.09. The van der Waals surface area contributed by atoms with Crippen molar-refractivity contribution in [2.75, 3.05) is 5.75 Å². The van der Waals surface area contributed by atoms with Crippen molar-refractivity contribution >= 4 is 22.0 Å². The first kappa shape index (κ1) is 8.05. The van der Waals surface area contributed by atoms with Crippen molar-refractivity contribution in [3.63, 3.8) is 0 Å². The van der Waals surface area contributed by atoms with Crippen LogP contribution in [0.4, 0.5) is 0 Å². The molecule has 0 amide bonds. The van der Waals surface area contributed by atoms with Crippen LogP contribution in [0.25, 0.3) is 0 Å². The van der Waals surface area contributed by atoms with Crippen molar-refractivity contribution < 1.29 is 0 Å². The van der Waals surface area contributed by atoms with Gasteiger partial charge in [0.25, 0.3) is 0 Å². The lowest BCUT2D eigenvalue weighted by atomic mass is 10.7. The van der Waals surface area contributed by atoms with Crippen LogP contribution in [0.3, 0.4) is 0 Å². The van der Waals surface area contributed by atoms with Gasteiger partial charge in [-0.2, -0.15) is 11.8 Å². The molecule has 0 aliphatic rings. The average Bonchev–Trinajstić information content (AvgIpc) is 1.83. The standard InChI is InChI=1S/C6H12SSi/c1-3-5-7-6(8)4-2/h3-4,6H,1-2,5H2,8H3. The van der Waals surface area contributed by atoms with Crippen LogP contribution in [0.15, 0.2) is 25.3 Å². The lowest BCUT2D eigenvalue weighted by Gasteiger charge is -1.99. The normalized spacial score (nSPS) is 13.0. The van der Waals surface area contributed by atoms with E-state index in [2.05, 4.69) is 13.2 Å². The third kappa shape index (κ3) is 4.21. The molecular weight excluding hydrogens is 132 g/mol. The Kier molecular flexibility index (Phi) is 5.22. The van der Waals surface area contributed by atoms with Crippen molar-refractivity contribution in [3.8, 4) is 0 Å². The molecule has 0 heterocycles. The summed E-state index contributed by atoms with van der Waals surface area (Å²) in [5.74, 6) is 1.06. The minimum atomic E-state index is 0.702. The largest absolute Gasteiger partial charge is 0.155 e. The van der Waals surface area contributed by atoms with Crippen LogP contribution < -0.4 is 0 Å². The minimum Gasteiger partial charge on any atom is -0.155 e. The van der Waals surface area contributed by atoms with E-state index in [1.807, 2.05) is 23.9 Å². The van der Waals surface area contributed by atoms with E-state index in [0.29, 0.717) is 4.87 Å². The number of thioether (sulfide) groups is 1. The van der Waals surface area contributed by atoms with Crippen LogP contribution in [0.1, 0.15) is 0 Å². The lowest BCUT2D eigenvalue weighted by molar-refractivity contribution is 1.62. The van der Waals surface area contributed by atoms with Crippen LogP contribution in [0.5, 0.6) is 0 Å². The quantitative estimate of drug-likeness (QED) is 0.415. The molecule has 1 unspecified atom stereocenters. The summed E-state index contributed by atoms with van der Waals surface area (Å²) in [6.07, 6.45) is 3.93. The first-order valence-electron chi connectivity index (χ1n) is 2.66. The van der Waals surface area contributed by atoms with Crippen molar-refractivity contribution in [3.05, 3.63) is 25.3 Å². The zero-order valence-electron chi connectivity index (χ0n) is 5.26. The Labute approximate surface area is 58.5 Å². The number of hydrogen-bond acceptors (Lipinski definition) is 1. The zero-order valence-corrected chi connectivity index (χ0v) is 8.08. The Morgan fingerprint density at radius 2 is 2.25 bits per heavy atom. The summed E-state index contributed by atoms with van der Waals surface area (Å²) in [5.41, 5.74) is 0. The monoisotopic (exact) mass is 144 g/mol. The predicted octanol–water partition coefficient (Wildman–Crippen LogP) is 0.783. The summed E-state index contributed by atoms with van der Waals surface area (Å²) < 4.78 is 0. The molecule has 0 N–H and O–H groups in total. The van der Waals surface area contributed by atoms with Crippen LogP contribution in [-0.2, 0) is 0 Å². The molecule has 0 aliphatic heterocycles. The van der Waals surface area contributed by atoms with Gasteiger partial charge in [0.2, 0.25) is 0 Å². The van der Waals surface area contributed by atoms with E-state index in [0.717, 1.165) is 5.75 Å². The van der Waals surface area contributed by atoms with Crippen LogP contribution in [-0.4, -0.2) is 20.9 Å². The van der Waals surface area contributed by atoms with Crippen molar-refractivity contribution in [1.29, 1.82) is 0 Å². The highest BCUT2D eigenvalue weighted by molar-refractivity contribution is 8.01. The molecule has 0 rings (SSSR count). The fraction of sp³-hybridized carbons (Fsp3) is 0.333. The predicted molar refractivity (Wildman–Crippen MR) is 46.6 cm³/mol. The summed E-state index contributed by atoms with van der Waals surface area (Å²) in [6.45, 7) is 7.32. The van der Waals surface area contributed by atoms with Gasteiger partial charge in [-0.05, 0) is 0 Å². The molecule has 0 spiro atoms. The Morgan fingerprint density at radius 1 is 1.62 bits per heavy atom. The van der Waals surface area contributed by atoms with Gasteiger partial charge in [0, 0.05) is 20.9 Å². The molecule has 1 atom stereocenters. The van der Waals surface area contributed by atoms with E-state index in [1.165, 1.54) is 10.2 Å². The molecule has 0 aromatic rings. The van der Waals surface area contributed by atoms with Gasteiger partial charge in [0.1, 0.15) is 0 Å². The highest BCUT2D eigenvalue weighted by Gasteiger charge is 1.90. The van der Waals surface area contributed by atoms with E-state index in [1.54, 1.807) is 0 Å². The maximum absolute atomic E-state index is 3.69. The second-order valence-corrected chi connectivity index (χ2v) is 5.05. The highest BCUT2D eigenvalue weighted by Crippen LogP contribution is 2.06. The first-order chi connectivity index (χ1) is 3.81. The van der Waals surface area contributed by atoms with Gasteiger partial charge in [0.05, 0.1) is 0 Å². The van der Waals surface area contributed by atoms with Gasteiger partial charge < -0.3 is 0 Å². The molecule has 2 heteroatoms. The molecule has 46 valence electrons. The van der Waals surface area contributed by atoms with Gasteiger partial charge >= 0.3 is 0 Å². The minimum absolute atomic E-state index is 0.702. The van der Waals surface area contributed by atoms with Crippen LogP contribution in [0.2, 0.25) is 0 Å². The number of rotatable bonds is 4. The summed E-state index contributed by atoms with van der Waals surface area (Å²) in [4.78, 5) is 0.702. The molecule has 0 aromatic heterocycles. The van der Waals surface area contributed by atoms with Crippen LogP contribution in [0, 0.1) is 0 Å². The van der Waals surface area contributed by atoms with Gasteiger partial charge in [-0.1, -0.05) is 12.2 Å². The molecule has 0 nitrogen and oxygen atoms in total. The first-order valence-corrected chi connectivity index (χ1v) is 4.86. The summed E-state index contributed by atoms with van der Waals surface area (Å²) >= 11 is 1.90. The third-order valence-corrected chi connectivity index (χ3v) is 3.43. The van der Waals surface area contributed by atoms with Gasteiger partial charge in [0.15, 0.2) is 0 Å². The van der Waals surface area contributed by atoms with Gasteiger partial charge in [-0.25, -0.2) is 0 Å². The van der Waals surface area contributed by atoms with Gasteiger partial charge in [-0.3, -0.25) is 0 Å². The maximum atomic E-state index is 3.69. The zero-order chi connectivity index (χ0) is 6.41. The Morgan fingerprint density at radius 3 is 2.62 bits per heavy atom. The van der Waals surface area contributed by atoms with Crippen LogP contribution >= 0.6 is 11.8 Å². The fourth-order valence-corrected chi connectivity index (χ4v) is 1.44. The van der Waals surface area contributed by atoms with E-state index in [9.17, 15) is 0 Å². The third-order valence-electron chi connectivity index (χ3n) is 0.809. The van der Waals surface area contributed by atoms with Crippen molar-refractivity contribution in [2.24, 2.45) is 0 Å². The Hall–Kier alpha value is 0.0469. The van der Waals surface area contributed by atoms with Crippen molar-refractivity contribution in [1.82, 2.24) is 0 Å². The highest BCUT2D eigenvalue weighted by atomic mass is 32.2. The second-order valence-electron chi connectivity index (χ2n) is 1.56. The van der Waals surface area contributed by atoms with Crippen molar-refractivity contribution in [2.45, 2.75) is 4.87 Å². The molecule has 0 aromatic carbocycles. The second kappa shape index (κ2) is 5.19. The summed E-state index contributed by atoms with van der Waals surface area (Å²) in [6, 6.07) is 0. The average molecular weight is 144 g/mol. The summed E-state index contributed by atoms with van der Waals surface area (Å²) in [5, 5.41) is 0. The molecule has 0 radical (unpaired) electrons. The molecule has 0 bridgehead atoms. The van der Waals surface area contributed by atoms with E-state index >= 15 is 0 Å². The topological polar surface area (TPSA) is 0 Å². The van der Waals surface area contributed by atoms with E-state index in [4.69, 9.17) is 0 Å². The fourth-order valence-electron chi connectivity index (χ4n) is 0.288. The lowest BCUT2D eigenvalue weighted by Crippen LogP contribution is -1.95. The smallest absolute Gasteiger partial charge is 0.0241 e. The maximum Gasteiger partial charge on any atom is 0.0241 e. The molecule has 0 aliphatic carbocycles. The number of hydrogen-bond donors (Lipinski definition) is 0. The molecule has 0 saturated heterocycles. The van der Waals surface area contributed by atoms with E-state index in [-0.39, 0.29) is 0 Å². The molecule has 8 heavy (non-hydrogen) atoms. The molecule has 0 fully saturated rings. The summed E-state index contributed by atoms with van der Waals surface area (Å²) in [7, 11) is 1.20. The van der Waals surface area contributed by atoms with Gasteiger partial charge in [-0.15, -0.1) is 13.2 Å². The Bertz CT molecular complexity index is 80.6. The molecular formula is C6H12SSi.